The Kier molecular flexibility index (Phi) is 6.50. The van der Waals surface area contributed by atoms with Gasteiger partial charge in [0.2, 0.25) is 5.75 Å². The molecule has 0 aliphatic heterocycles. The number of aromatic amines is 1. The molecule has 0 saturated carbocycles. The third-order valence-corrected chi connectivity index (χ3v) is 3.41. The maximum Gasteiger partial charge on any atom is 0.315 e. The zero-order valence-electron chi connectivity index (χ0n) is 14.0. The molecule has 2 aromatic rings. The maximum atomic E-state index is 11.4. The summed E-state index contributed by atoms with van der Waals surface area (Å²) < 4.78 is 10.8. The number of hydrogen-bond donors (Lipinski definition) is 2. The molecular formula is C15H16ClN5O5. The summed E-state index contributed by atoms with van der Waals surface area (Å²) in [7, 11) is 0. The van der Waals surface area contributed by atoms with Crippen LogP contribution in [-0.2, 0) is 0 Å². The Bertz CT molecular complexity index is 883. The Labute approximate surface area is 152 Å². The van der Waals surface area contributed by atoms with Crippen molar-refractivity contribution in [2.24, 2.45) is 5.10 Å². The number of benzene rings is 1. The molecule has 2 N–H and O–H groups in total. The van der Waals surface area contributed by atoms with Gasteiger partial charge in [0, 0.05) is 11.6 Å². The van der Waals surface area contributed by atoms with E-state index in [0.29, 0.717) is 12.2 Å². The lowest BCUT2D eigenvalue weighted by atomic mass is 10.2. The predicted octanol–water partition coefficient (Wildman–Crippen LogP) is 2.57. The zero-order valence-corrected chi connectivity index (χ0v) is 14.7. The van der Waals surface area contributed by atoms with Gasteiger partial charge >= 0.3 is 5.69 Å². The summed E-state index contributed by atoms with van der Waals surface area (Å²) in [6.07, 6.45) is 2.61. The minimum atomic E-state index is -0.567. The zero-order chi connectivity index (χ0) is 19.1. The molecule has 1 aromatic carbocycles. The molecule has 26 heavy (non-hydrogen) atoms. The molecule has 0 fully saturated rings. The van der Waals surface area contributed by atoms with Crippen molar-refractivity contribution in [2.45, 2.75) is 13.8 Å². The van der Waals surface area contributed by atoms with Crippen LogP contribution in [0.2, 0.25) is 5.02 Å². The topological polar surface area (TPSA) is 132 Å². The number of hydrogen-bond acceptors (Lipinski definition) is 8. The fourth-order valence-corrected chi connectivity index (χ4v) is 2.14. The van der Waals surface area contributed by atoms with Crippen LogP contribution in [0.1, 0.15) is 19.4 Å². The summed E-state index contributed by atoms with van der Waals surface area (Å²) in [4.78, 5) is 22.1. The number of nitro groups is 1. The van der Waals surface area contributed by atoms with E-state index in [4.69, 9.17) is 21.1 Å². The van der Waals surface area contributed by atoms with Gasteiger partial charge in [0.05, 0.1) is 30.5 Å². The highest BCUT2D eigenvalue weighted by atomic mass is 35.5. The number of aromatic nitrogens is 2. The molecule has 0 aliphatic rings. The van der Waals surface area contributed by atoms with Gasteiger partial charge in [-0.15, -0.1) is 0 Å². The highest BCUT2D eigenvalue weighted by Gasteiger charge is 2.22. The third kappa shape index (κ3) is 4.48. The molecule has 138 valence electrons. The molecule has 0 unspecified atom stereocenters. The highest BCUT2D eigenvalue weighted by Crippen LogP contribution is 2.38. The van der Waals surface area contributed by atoms with E-state index in [-0.39, 0.29) is 34.5 Å². The molecular weight excluding hydrogens is 366 g/mol. The van der Waals surface area contributed by atoms with Crippen molar-refractivity contribution in [2.75, 3.05) is 18.6 Å². The van der Waals surface area contributed by atoms with E-state index in [2.05, 4.69) is 20.7 Å². The summed E-state index contributed by atoms with van der Waals surface area (Å²) >= 11 is 5.82. The van der Waals surface area contributed by atoms with Crippen molar-refractivity contribution >= 4 is 29.2 Å². The van der Waals surface area contributed by atoms with Crippen LogP contribution < -0.4 is 20.5 Å². The lowest BCUT2D eigenvalue weighted by Gasteiger charge is -2.11. The number of nitro benzene ring substituents is 1. The van der Waals surface area contributed by atoms with Crippen molar-refractivity contribution in [3.8, 4) is 11.5 Å². The van der Waals surface area contributed by atoms with E-state index >= 15 is 0 Å². The number of hydrazone groups is 1. The van der Waals surface area contributed by atoms with Crippen molar-refractivity contribution in [1.82, 2.24) is 10.2 Å². The third-order valence-electron chi connectivity index (χ3n) is 3.04. The molecule has 0 bridgehead atoms. The van der Waals surface area contributed by atoms with Crippen molar-refractivity contribution in [3.63, 3.8) is 0 Å². The predicted molar refractivity (Wildman–Crippen MR) is 96.5 cm³/mol. The number of anilines is 1. The van der Waals surface area contributed by atoms with E-state index in [1.165, 1.54) is 18.5 Å². The van der Waals surface area contributed by atoms with Gasteiger partial charge in [0.1, 0.15) is 10.7 Å². The van der Waals surface area contributed by atoms with Gasteiger partial charge in [0.25, 0.3) is 5.56 Å². The van der Waals surface area contributed by atoms with Crippen LogP contribution in [0.5, 0.6) is 11.5 Å². The summed E-state index contributed by atoms with van der Waals surface area (Å²) in [5.41, 5.74) is 2.33. The molecule has 0 atom stereocenters. The highest BCUT2D eigenvalue weighted by molar-refractivity contribution is 6.32. The quantitative estimate of drug-likeness (QED) is 0.408. The summed E-state index contributed by atoms with van der Waals surface area (Å²) in [5, 5.41) is 20.9. The van der Waals surface area contributed by atoms with E-state index in [0.717, 1.165) is 0 Å². The van der Waals surface area contributed by atoms with Crippen LogP contribution in [-0.4, -0.2) is 34.5 Å². The first-order chi connectivity index (χ1) is 12.5. The molecule has 0 spiro atoms. The Hall–Kier alpha value is -3.14. The average molecular weight is 382 g/mol. The maximum absolute atomic E-state index is 11.4. The van der Waals surface area contributed by atoms with Crippen LogP contribution >= 0.6 is 11.6 Å². The van der Waals surface area contributed by atoms with Crippen LogP contribution in [0.3, 0.4) is 0 Å². The number of nitrogens with one attached hydrogen (secondary N) is 2. The van der Waals surface area contributed by atoms with Gasteiger partial charge in [-0.1, -0.05) is 11.6 Å². The second-order valence-electron chi connectivity index (χ2n) is 4.79. The molecule has 0 aliphatic carbocycles. The Morgan fingerprint density at radius 2 is 2.12 bits per heavy atom. The molecule has 1 heterocycles. The fourth-order valence-electron chi connectivity index (χ4n) is 2.01. The largest absolute Gasteiger partial charge is 0.490 e. The van der Waals surface area contributed by atoms with Crippen LogP contribution in [0.4, 0.5) is 11.4 Å². The number of rotatable bonds is 8. The lowest BCUT2D eigenvalue weighted by Crippen LogP contribution is -2.10. The molecule has 0 saturated heterocycles. The smallest absolute Gasteiger partial charge is 0.315 e. The molecule has 2 rings (SSSR count). The van der Waals surface area contributed by atoms with Gasteiger partial charge in [-0.25, -0.2) is 5.10 Å². The normalized spacial score (nSPS) is 10.7. The molecule has 1 aromatic heterocycles. The fraction of sp³-hybridized carbons (Fsp3) is 0.267. The number of nitrogens with zero attached hydrogens (tertiary/aromatic N) is 3. The molecule has 10 nitrogen and oxygen atoms in total. The van der Waals surface area contributed by atoms with E-state index in [1.54, 1.807) is 19.9 Å². The van der Waals surface area contributed by atoms with Gasteiger partial charge in [-0.2, -0.15) is 10.2 Å². The van der Waals surface area contributed by atoms with Crippen LogP contribution in [0, 0.1) is 10.1 Å². The molecule has 0 radical (unpaired) electrons. The molecule has 11 heteroatoms. The Morgan fingerprint density at radius 3 is 2.77 bits per heavy atom. The van der Waals surface area contributed by atoms with Crippen molar-refractivity contribution in [3.05, 3.63) is 49.4 Å². The van der Waals surface area contributed by atoms with Gasteiger partial charge < -0.3 is 9.47 Å². The standard InChI is InChI=1S/C15H16ClN5O5/c1-3-25-12-6-9(5-11(21(23)24)14(12)26-4-2)7-17-19-10-8-18-20-15(22)13(10)16/h5-8H,3-4H2,1-2H3,(H2,19,20,22)/b17-7-. The molecule has 0 amide bonds. The van der Waals surface area contributed by atoms with Gasteiger partial charge in [0.15, 0.2) is 5.75 Å². The summed E-state index contributed by atoms with van der Waals surface area (Å²) in [6, 6.07) is 2.86. The first-order valence-electron chi connectivity index (χ1n) is 7.58. The van der Waals surface area contributed by atoms with Crippen molar-refractivity contribution in [1.29, 1.82) is 0 Å². The minimum absolute atomic E-state index is 0.0614. The van der Waals surface area contributed by atoms with Gasteiger partial charge in [-0.3, -0.25) is 20.3 Å². The van der Waals surface area contributed by atoms with Crippen LogP contribution in [0.25, 0.3) is 0 Å². The Morgan fingerprint density at radius 1 is 1.38 bits per heavy atom. The monoisotopic (exact) mass is 381 g/mol. The summed E-state index contributed by atoms with van der Waals surface area (Å²) in [6.45, 7) is 4.04. The van der Waals surface area contributed by atoms with E-state index in [1.807, 2.05) is 0 Å². The summed E-state index contributed by atoms with van der Waals surface area (Å²) in [5.74, 6) is 0.298. The first kappa shape index (κ1) is 19.2. The second-order valence-corrected chi connectivity index (χ2v) is 5.17. The number of halogens is 1. The minimum Gasteiger partial charge on any atom is -0.490 e. The number of ether oxygens (including phenoxy) is 2. The number of H-pyrrole nitrogens is 1. The van der Waals surface area contributed by atoms with Crippen molar-refractivity contribution < 1.29 is 14.4 Å². The van der Waals surface area contributed by atoms with E-state index in [9.17, 15) is 14.9 Å². The average Bonchev–Trinajstić information content (AvgIpc) is 2.60. The van der Waals surface area contributed by atoms with E-state index < -0.39 is 10.5 Å². The SMILES string of the molecule is CCOc1cc(/C=N\Nc2cn[nH]c(=O)c2Cl)cc([N+](=O)[O-])c1OCC. The van der Waals surface area contributed by atoms with Gasteiger partial charge in [-0.05, 0) is 19.9 Å². The lowest BCUT2D eigenvalue weighted by molar-refractivity contribution is -0.385. The second kappa shape index (κ2) is 8.81. The first-order valence-corrected chi connectivity index (χ1v) is 7.96. The van der Waals surface area contributed by atoms with Crippen LogP contribution in [0.15, 0.2) is 28.2 Å². The Balaban J connectivity index is 2.35.